The molecule has 20 heavy (non-hydrogen) atoms. The van der Waals surface area contributed by atoms with Crippen molar-refractivity contribution in [3.63, 3.8) is 0 Å². The zero-order valence-electron chi connectivity index (χ0n) is 12.6. The third kappa shape index (κ3) is 3.17. The Morgan fingerprint density at radius 1 is 1.10 bits per heavy atom. The van der Waals surface area contributed by atoms with E-state index in [2.05, 4.69) is 31.8 Å². The lowest BCUT2D eigenvalue weighted by atomic mass is 9.86. The molecule has 0 unspecified atom stereocenters. The number of hydrogen-bond donors (Lipinski definition) is 1. The molecule has 0 saturated heterocycles. The van der Waals surface area contributed by atoms with Gasteiger partial charge in [-0.05, 0) is 24.5 Å². The zero-order chi connectivity index (χ0) is 14.8. The molecule has 1 atom stereocenters. The molecular weight excluding hydrogens is 248 g/mol. The topological polar surface area (TPSA) is 48.1 Å². The van der Waals surface area contributed by atoms with Crippen LogP contribution in [0.25, 0.3) is 0 Å². The molecule has 0 aliphatic carbocycles. The monoisotopic (exact) mass is 270 g/mol. The van der Waals surface area contributed by atoms with Crippen molar-refractivity contribution in [2.75, 3.05) is 0 Å². The van der Waals surface area contributed by atoms with E-state index < -0.39 is 0 Å². The van der Waals surface area contributed by atoms with E-state index in [1.54, 1.807) is 6.20 Å². The SMILES string of the molecule is C[C@H](N)c1cccnc1Oc1ccccc1C(C)(C)C. The summed E-state index contributed by atoms with van der Waals surface area (Å²) in [5.41, 5.74) is 8.05. The molecule has 2 N–H and O–H groups in total. The molecular formula is C17H22N2O. The Morgan fingerprint density at radius 3 is 2.45 bits per heavy atom. The Hall–Kier alpha value is -1.87. The molecule has 2 aromatic rings. The van der Waals surface area contributed by atoms with Crippen LogP contribution in [0.2, 0.25) is 0 Å². The van der Waals surface area contributed by atoms with E-state index in [1.165, 1.54) is 0 Å². The highest BCUT2D eigenvalue weighted by molar-refractivity contribution is 5.42. The molecule has 1 aromatic heterocycles. The highest BCUT2D eigenvalue weighted by atomic mass is 16.5. The van der Waals surface area contributed by atoms with E-state index in [-0.39, 0.29) is 11.5 Å². The molecule has 1 aromatic carbocycles. The van der Waals surface area contributed by atoms with Crippen molar-refractivity contribution in [2.24, 2.45) is 5.73 Å². The van der Waals surface area contributed by atoms with Gasteiger partial charge in [-0.3, -0.25) is 0 Å². The molecule has 3 heteroatoms. The van der Waals surface area contributed by atoms with Crippen LogP contribution in [0.3, 0.4) is 0 Å². The summed E-state index contributed by atoms with van der Waals surface area (Å²) in [6.07, 6.45) is 1.72. The molecule has 1 heterocycles. The third-order valence-electron chi connectivity index (χ3n) is 3.19. The van der Waals surface area contributed by atoms with E-state index in [0.29, 0.717) is 5.88 Å². The molecule has 0 amide bonds. The summed E-state index contributed by atoms with van der Waals surface area (Å²) in [7, 11) is 0. The number of para-hydroxylation sites is 1. The lowest BCUT2D eigenvalue weighted by molar-refractivity contribution is 0.431. The van der Waals surface area contributed by atoms with E-state index in [9.17, 15) is 0 Å². The van der Waals surface area contributed by atoms with Crippen LogP contribution in [0.15, 0.2) is 42.6 Å². The Labute approximate surface area is 120 Å². The number of hydrogen-bond acceptors (Lipinski definition) is 3. The van der Waals surface area contributed by atoms with Gasteiger partial charge in [0.05, 0.1) is 0 Å². The first-order valence-electron chi connectivity index (χ1n) is 6.87. The van der Waals surface area contributed by atoms with Gasteiger partial charge in [0.2, 0.25) is 5.88 Å². The van der Waals surface area contributed by atoms with Crippen molar-refractivity contribution in [3.05, 3.63) is 53.7 Å². The minimum atomic E-state index is -0.111. The largest absolute Gasteiger partial charge is 0.438 e. The van der Waals surface area contributed by atoms with Crippen LogP contribution in [-0.2, 0) is 5.41 Å². The maximum Gasteiger partial charge on any atom is 0.223 e. The Balaban J connectivity index is 2.41. The van der Waals surface area contributed by atoms with Gasteiger partial charge in [0.15, 0.2) is 0 Å². The first kappa shape index (κ1) is 14.5. The van der Waals surface area contributed by atoms with Gasteiger partial charge in [-0.15, -0.1) is 0 Å². The molecule has 2 rings (SSSR count). The van der Waals surface area contributed by atoms with Gasteiger partial charge in [0.25, 0.3) is 0 Å². The van der Waals surface area contributed by atoms with Crippen molar-refractivity contribution >= 4 is 0 Å². The molecule has 0 radical (unpaired) electrons. The van der Waals surface area contributed by atoms with Crippen LogP contribution in [0.1, 0.15) is 44.9 Å². The summed E-state index contributed by atoms with van der Waals surface area (Å²) in [4.78, 5) is 4.32. The van der Waals surface area contributed by atoms with E-state index in [1.807, 2.05) is 37.3 Å². The fourth-order valence-electron chi connectivity index (χ4n) is 2.11. The first-order chi connectivity index (χ1) is 9.39. The number of benzene rings is 1. The summed E-state index contributed by atoms with van der Waals surface area (Å²) in [5, 5.41) is 0. The van der Waals surface area contributed by atoms with Gasteiger partial charge in [-0.1, -0.05) is 45.0 Å². The van der Waals surface area contributed by atoms with Crippen molar-refractivity contribution in [1.82, 2.24) is 4.98 Å². The van der Waals surface area contributed by atoms with Crippen LogP contribution < -0.4 is 10.5 Å². The normalized spacial score (nSPS) is 13.1. The van der Waals surface area contributed by atoms with Crippen molar-refractivity contribution in [3.8, 4) is 11.6 Å². The standard InChI is InChI=1S/C17H22N2O/c1-12(18)13-8-7-11-19-16(13)20-15-10-6-5-9-14(15)17(2,3)4/h5-12H,18H2,1-4H3/t12-/m0/s1. The molecule has 0 bridgehead atoms. The number of aromatic nitrogens is 1. The van der Waals surface area contributed by atoms with E-state index in [4.69, 9.17) is 10.5 Å². The van der Waals surface area contributed by atoms with Gasteiger partial charge >= 0.3 is 0 Å². The van der Waals surface area contributed by atoms with Gasteiger partial charge < -0.3 is 10.5 Å². The fraction of sp³-hybridized carbons (Fsp3) is 0.353. The zero-order valence-corrected chi connectivity index (χ0v) is 12.6. The number of ether oxygens (including phenoxy) is 1. The first-order valence-corrected chi connectivity index (χ1v) is 6.87. The second kappa shape index (κ2) is 5.63. The van der Waals surface area contributed by atoms with E-state index >= 15 is 0 Å². The maximum atomic E-state index is 6.04. The van der Waals surface area contributed by atoms with Crippen LogP contribution in [-0.4, -0.2) is 4.98 Å². The van der Waals surface area contributed by atoms with E-state index in [0.717, 1.165) is 16.9 Å². The molecule has 3 nitrogen and oxygen atoms in total. The van der Waals surface area contributed by atoms with Crippen molar-refractivity contribution in [2.45, 2.75) is 39.2 Å². The molecule has 0 fully saturated rings. The lowest BCUT2D eigenvalue weighted by Crippen LogP contribution is -2.13. The third-order valence-corrected chi connectivity index (χ3v) is 3.19. The van der Waals surface area contributed by atoms with Gasteiger partial charge in [0, 0.05) is 23.4 Å². The van der Waals surface area contributed by atoms with Crippen LogP contribution in [0.5, 0.6) is 11.6 Å². The highest BCUT2D eigenvalue weighted by Crippen LogP contribution is 2.34. The smallest absolute Gasteiger partial charge is 0.223 e. The van der Waals surface area contributed by atoms with Gasteiger partial charge in [0.1, 0.15) is 5.75 Å². The summed E-state index contributed by atoms with van der Waals surface area (Å²) >= 11 is 0. The predicted octanol–water partition coefficient (Wildman–Crippen LogP) is 4.19. The molecule has 0 spiro atoms. The highest BCUT2D eigenvalue weighted by Gasteiger charge is 2.20. The second-order valence-electron chi connectivity index (χ2n) is 6.03. The minimum Gasteiger partial charge on any atom is -0.438 e. The fourth-order valence-corrected chi connectivity index (χ4v) is 2.11. The average molecular weight is 270 g/mol. The molecule has 0 saturated carbocycles. The summed E-state index contributed by atoms with van der Waals surface area (Å²) in [5.74, 6) is 1.42. The molecule has 0 aliphatic heterocycles. The maximum absolute atomic E-state index is 6.04. The Morgan fingerprint density at radius 2 is 1.80 bits per heavy atom. The summed E-state index contributed by atoms with van der Waals surface area (Å²) in [6.45, 7) is 8.43. The van der Waals surface area contributed by atoms with Crippen LogP contribution >= 0.6 is 0 Å². The molecule has 0 aliphatic rings. The van der Waals surface area contributed by atoms with Gasteiger partial charge in [-0.25, -0.2) is 4.98 Å². The van der Waals surface area contributed by atoms with Crippen molar-refractivity contribution in [1.29, 1.82) is 0 Å². The van der Waals surface area contributed by atoms with Gasteiger partial charge in [-0.2, -0.15) is 0 Å². The Kier molecular flexibility index (Phi) is 4.09. The summed E-state index contributed by atoms with van der Waals surface area (Å²) in [6, 6.07) is 11.8. The van der Waals surface area contributed by atoms with Crippen molar-refractivity contribution < 1.29 is 4.74 Å². The number of nitrogens with zero attached hydrogens (tertiary/aromatic N) is 1. The number of pyridine rings is 1. The van der Waals surface area contributed by atoms with Crippen LogP contribution in [0.4, 0.5) is 0 Å². The van der Waals surface area contributed by atoms with Crippen LogP contribution in [0, 0.1) is 0 Å². The average Bonchev–Trinajstić information content (AvgIpc) is 2.38. The number of rotatable bonds is 3. The predicted molar refractivity (Wildman–Crippen MR) is 82.1 cm³/mol. The quantitative estimate of drug-likeness (QED) is 0.909. The Bertz CT molecular complexity index is 586. The molecule has 106 valence electrons. The second-order valence-corrected chi connectivity index (χ2v) is 6.03. The lowest BCUT2D eigenvalue weighted by Gasteiger charge is -2.23. The summed E-state index contributed by atoms with van der Waals surface area (Å²) < 4.78 is 6.04. The number of nitrogens with two attached hydrogens (primary N) is 1. The minimum absolute atomic E-state index is 0.0138.